The molecule has 0 aromatic rings. The van der Waals surface area contributed by atoms with Crippen LogP contribution in [0.2, 0.25) is 0 Å². The molecule has 10 bridgehead atoms. The van der Waals surface area contributed by atoms with Crippen molar-refractivity contribution in [1.29, 1.82) is 0 Å². The third-order valence-electron chi connectivity index (χ3n) is 26.2. The fraction of sp³-hybridized carbons (Fsp3) is 0.914. The Hall–Kier alpha value is -4.48. The number of esters is 7. The van der Waals surface area contributed by atoms with Gasteiger partial charge in [-0.3, -0.25) is 33.6 Å². The molecule has 2 aliphatic heterocycles. The molecule has 8 atom stereocenters. The first-order valence-corrected chi connectivity index (χ1v) is 39.0. The Balaban J connectivity index is -0.000000231. The highest BCUT2D eigenvalue weighted by Crippen LogP contribution is 2.63. The largest absolute Gasteiger partial charge is 0.511 e. The van der Waals surface area contributed by atoms with E-state index in [1.54, 1.807) is 13.8 Å². The Kier molecular flexibility index (Phi) is 51.4. The van der Waals surface area contributed by atoms with Crippen LogP contribution in [0.4, 0.5) is 4.79 Å². The summed E-state index contributed by atoms with van der Waals surface area (Å²) in [5.41, 5.74) is -3.64. The maximum absolute atomic E-state index is 12.8. The lowest BCUT2D eigenvalue weighted by molar-refractivity contribution is -0.231. The van der Waals surface area contributed by atoms with Crippen molar-refractivity contribution in [2.45, 2.75) is 449 Å². The summed E-state index contributed by atoms with van der Waals surface area (Å²) in [6, 6.07) is 0. The number of unbranched alkanes of at least 4 members (excludes halogenated alkanes) is 1. The van der Waals surface area contributed by atoms with Gasteiger partial charge < -0.3 is 47.7 Å². The first kappa shape index (κ1) is 120. The van der Waals surface area contributed by atoms with E-state index in [-0.39, 0.29) is 189 Å². The van der Waals surface area contributed by atoms with Gasteiger partial charge in [-0.05, 0) is 279 Å². The first-order chi connectivity index (χ1) is 45.9. The van der Waals surface area contributed by atoms with Gasteiger partial charge in [-0.2, -0.15) is 0 Å². The van der Waals surface area contributed by atoms with Crippen LogP contribution in [-0.2, 0) is 76.2 Å². The zero-order valence-electron chi connectivity index (χ0n) is 65.7. The second kappa shape index (κ2) is 47.7. The molecule has 111 heavy (non-hydrogen) atoms. The van der Waals surface area contributed by atoms with Gasteiger partial charge in [0.25, 0.3) is 6.29 Å². The van der Waals surface area contributed by atoms with Crippen molar-refractivity contribution in [3.05, 3.63) is 0 Å². The van der Waals surface area contributed by atoms with Crippen molar-refractivity contribution >= 4 is 47.9 Å². The van der Waals surface area contributed by atoms with E-state index in [1.165, 1.54) is 51.4 Å². The average Bonchev–Trinajstić information content (AvgIpc) is 0.879. The van der Waals surface area contributed by atoms with Gasteiger partial charge in [0.2, 0.25) is 0 Å². The van der Waals surface area contributed by atoms with Crippen LogP contribution in [-0.4, -0.2) is 107 Å². The average molecular weight is 1590 g/mol. The number of hydrogen-bond acceptors (Lipinski definition) is 18. The highest BCUT2D eigenvalue weighted by molar-refractivity contribution is 5.80. The van der Waals surface area contributed by atoms with Crippen molar-refractivity contribution in [3.8, 4) is 0 Å². The van der Waals surface area contributed by atoms with Crippen LogP contribution in [0.25, 0.3) is 0 Å². The highest BCUT2D eigenvalue weighted by atomic mass is 16.8. The van der Waals surface area contributed by atoms with E-state index in [2.05, 4.69) is 44.1 Å². The molecule has 11 aliphatic carbocycles. The van der Waals surface area contributed by atoms with Gasteiger partial charge in [-0.1, -0.05) is 165 Å². The third kappa shape index (κ3) is 28.7. The van der Waals surface area contributed by atoms with Crippen LogP contribution in [0.5, 0.6) is 0 Å². The summed E-state index contributed by atoms with van der Waals surface area (Å²) in [7, 11) is 0. The molecule has 11 saturated carbocycles. The van der Waals surface area contributed by atoms with Crippen LogP contribution in [0.15, 0.2) is 0 Å². The number of rotatable bonds is 22. The Morgan fingerprint density at radius 2 is 0.874 bits per heavy atom. The summed E-state index contributed by atoms with van der Waals surface area (Å²) in [5.74, 6) is 4.54. The summed E-state index contributed by atoms with van der Waals surface area (Å²) >= 11 is 0. The predicted molar refractivity (Wildman–Crippen MR) is 460 cm³/mol. The predicted octanol–water partition coefficient (Wildman–Crippen LogP) is 25.3. The maximum atomic E-state index is 12.8. The minimum atomic E-state index is -0.888. The molecular weight excluding hydrogens is 1410 g/mol. The molecule has 1 N–H and O–H groups in total. The Morgan fingerprint density at radius 3 is 1.26 bits per heavy atom. The minimum absolute atomic E-state index is 0. The second-order valence-electron chi connectivity index (χ2n) is 36.3. The van der Waals surface area contributed by atoms with E-state index in [0.717, 1.165) is 115 Å². The van der Waals surface area contributed by atoms with Crippen LogP contribution < -0.4 is 0 Å². The first-order valence-electron chi connectivity index (χ1n) is 39.0. The van der Waals surface area contributed by atoms with Gasteiger partial charge >= 0.3 is 47.9 Å². The lowest BCUT2D eigenvalue weighted by Gasteiger charge is -2.62. The van der Waals surface area contributed by atoms with E-state index in [1.807, 2.05) is 104 Å². The Bertz CT molecular complexity index is 2720. The fourth-order valence-corrected chi connectivity index (χ4v) is 17.3. The van der Waals surface area contributed by atoms with Crippen LogP contribution in [0.3, 0.4) is 0 Å². The Labute approximate surface area is 684 Å². The van der Waals surface area contributed by atoms with Gasteiger partial charge in [0.1, 0.15) is 29.0 Å². The molecule has 664 valence electrons. The van der Waals surface area contributed by atoms with Gasteiger partial charge in [0.15, 0.2) is 6.61 Å². The van der Waals surface area contributed by atoms with Crippen molar-refractivity contribution in [1.82, 2.24) is 0 Å². The lowest BCUT2D eigenvalue weighted by atomic mass is 9.47. The number of hydrogen-bond donors (Lipinski definition) is 1. The van der Waals surface area contributed by atoms with Gasteiger partial charge in [0.05, 0.1) is 50.6 Å². The van der Waals surface area contributed by atoms with Crippen molar-refractivity contribution in [2.75, 3.05) is 13.2 Å². The maximum Gasteiger partial charge on any atom is 0.511 e. The van der Waals surface area contributed by atoms with E-state index in [0.29, 0.717) is 60.9 Å². The minimum Gasteiger partial charge on any atom is -0.465 e. The topological polar surface area (TPSA) is 240 Å². The molecule has 8 unspecified atom stereocenters. The molecule has 18 nitrogen and oxygen atoms in total. The molecule has 18 heteroatoms. The number of fused-ring (bicyclic) bond motifs is 1. The molecule has 0 spiro atoms. The van der Waals surface area contributed by atoms with E-state index in [4.69, 9.17) is 33.2 Å². The SMILES string of the molecule is C.C.C.C.C.C.C.C.C.C.C.C.CCC(C)(C)C(=O)OC1(C(C)C)C2CC3CC(C2)CC1C3.CCC(C)(C)C(=O)OC12CC3CC(CC(O)(C3)C1)C2.CCC(C)(C)C(=O)OC1C2CC3C(=O)OC1C3C2.CCC(C)(C)C(=O)OC1COC(=O)O1.CCC1(OC(=O)C(C)(C)CC)CCCC1.CCCCOC(=O)C(C)(C)CC. The van der Waals surface area contributed by atoms with E-state index < -0.39 is 34.3 Å². The molecule has 0 aromatic heterocycles. The van der Waals surface area contributed by atoms with Crippen molar-refractivity contribution in [2.24, 2.45) is 91.7 Å². The molecule has 2 heterocycles. The summed E-state index contributed by atoms with van der Waals surface area (Å²) < 4.78 is 48.2. The highest BCUT2D eigenvalue weighted by Gasteiger charge is 2.65. The summed E-state index contributed by atoms with van der Waals surface area (Å²) in [4.78, 5) is 94.2. The Morgan fingerprint density at radius 1 is 0.477 bits per heavy atom. The molecule has 13 rings (SSSR count). The summed E-state index contributed by atoms with van der Waals surface area (Å²) in [6.07, 6.45) is 24.3. The van der Waals surface area contributed by atoms with Crippen LogP contribution >= 0.6 is 0 Å². The molecule has 2 saturated heterocycles. The van der Waals surface area contributed by atoms with Crippen molar-refractivity contribution in [3.63, 3.8) is 0 Å². The molecule has 13 aliphatic rings. The molecule has 13 fully saturated rings. The number of ether oxygens (including phenoxy) is 9. The molecule has 0 radical (unpaired) electrons. The fourth-order valence-electron chi connectivity index (χ4n) is 17.3. The zero-order chi connectivity index (χ0) is 74.3. The standard InChI is InChI=1S/C19H32O2.C16H26O3.C14H20O4.C13H24O2.C10H20O2.C9H14O5.12CH4/c1-6-18(4,5)17(20)21-19(12(2)3)15-8-13-7-14(10-15)11-16(19)9-13;1-4-14(2,3)13(17)19-16-8-11-5-12(9-16)7-15(18,6-11)10-16;1-4-14(2,3)13(16)18-10-7-5-8-9(6-7)12(15)17-11(8)10;1-5-12(3,4)11(14)15-13(6-2)9-7-8-10-13;1-5-7-8-12-9(11)10(3,4)6-2;1-4-9(2,3)7(10)13-6-5-12-8(11)14-6;;;;;;;;;;;;/h12-16H,6-11H2,1-5H3;11-12,18H,4-10H2,1-3H3;7-11H,4-6H2,1-3H3;5-10H2,1-4H3;5-8H2,1-4H3;6H,4-5H2,1-3H3;12*1H4. The summed E-state index contributed by atoms with van der Waals surface area (Å²) in [6.45, 7) is 44.4. The molecule has 0 aromatic carbocycles. The zero-order valence-corrected chi connectivity index (χ0v) is 65.7. The van der Waals surface area contributed by atoms with Crippen LogP contribution in [0, 0.1) is 91.7 Å². The van der Waals surface area contributed by atoms with Crippen LogP contribution in [0.1, 0.15) is 408 Å². The number of carbonyl (C=O) groups excluding carboxylic acids is 8. The third-order valence-corrected chi connectivity index (χ3v) is 26.2. The number of carbonyl (C=O) groups is 8. The molecule has 0 amide bonds. The van der Waals surface area contributed by atoms with E-state index in [9.17, 15) is 43.5 Å². The quantitative estimate of drug-likeness (QED) is 0.0602. The van der Waals surface area contributed by atoms with Gasteiger partial charge in [-0.25, -0.2) is 4.79 Å². The monoisotopic (exact) mass is 1590 g/mol. The van der Waals surface area contributed by atoms with Crippen molar-refractivity contribution < 1.29 is 86.1 Å². The number of aliphatic hydroxyl groups is 1. The lowest BCUT2D eigenvalue weighted by Crippen LogP contribution is -2.63. The smallest absolute Gasteiger partial charge is 0.465 e. The molecular formula is C93H184O18. The van der Waals surface area contributed by atoms with E-state index >= 15 is 0 Å². The normalized spacial score (nSPS) is 28.8. The van der Waals surface area contributed by atoms with Gasteiger partial charge in [-0.15, -0.1) is 0 Å². The number of cyclic esters (lactones) is 2. The van der Waals surface area contributed by atoms with Gasteiger partial charge in [0, 0.05) is 18.3 Å². The summed E-state index contributed by atoms with van der Waals surface area (Å²) in [5, 5.41) is 10.6. The second-order valence-corrected chi connectivity index (χ2v) is 36.3.